The number of aryl methyl sites for hydroxylation is 1. The van der Waals surface area contributed by atoms with Crippen LogP contribution in [0.2, 0.25) is 0 Å². The lowest BCUT2D eigenvalue weighted by atomic mass is 9.88. The van der Waals surface area contributed by atoms with Crippen LogP contribution in [0.4, 0.5) is 28.0 Å². The summed E-state index contributed by atoms with van der Waals surface area (Å²) in [4.78, 5) is 40.1. The molecule has 0 spiro atoms. The molecule has 1 aliphatic heterocycles. The third kappa shape index (κ3) is 6.37. The normalized spacial score (nSPS) is 20.4. The third-order valence-electron chi connectivity index (χ3n) is 8.20. The highest BCUT2D eigenvalue weighted by Crippen LogP contribution is 2.51. The first-order valence-corrected chi connectivity index (χ1v) is 14.1. The van der Waals surface area contributed by atoms with E-state index >= 15 is 4.39 Å². The number of nitrogens with one attached hydrogen (secondary N) is 3. The zero-order valence-electron chi connectivity index (χ0n) is 23.3. The third-order valence-corrected chi connectivity index (χ3v) is 8.20. The molecular weight excluding hydrogens is 560 g/mol. The van der Waals surface area contributed by atoms with Crippen LogP contribution in [0, 0.1) is 23.6 Å². The molecule has 4 amide bonds. The van der Waals surface area contributed by atoms with Gasteiger partial charge in [0.25, 0.3) is 5.91 Å². The van der Waals surface area contributed by atoms with Crippen LogP contribution in [-0.2, 0) is 16.1 Å². The Kier molecular flexibility index (Phi) is 8.44. The minimum Gasteiger partial charge on any atom is -0.382 e. The van der Waals surface area contributed by atoms with Crippen LogP contribution in [0.15, 0.2) is 30.5 Å². The molecule has 2 heterocycles. The van der Waals surface area contributed by atoms with Crippen LogP contribution < -0.4 is 16.0 Å². The van der Waals surface area contributed by atoms with Gasteiger partial charge < -0.3 is 25.6 Å². The second-order valence-corrected chi connectivity index (χ2v) is 11.1. The monoisotopic (exact) mass is 594 g/mol. The summed E-state index contributed by atoms with van der Waals surface area (Å²) in [5, 5.41) is 11.5. The molecule has 0 bridgehead atoms. The number of anilines is 1. The molecule has 1 saturated heterocycles. The van der Waals surface area contributed by atoms with E-state index < -0.39 is 54.5 Å². The summed E-state index contributed by atoms with van der Waals surface area (Å²) in [5.74, 6) is -1.34. The molecule has 0 radical (unpaired) electrons. The minimum absolute atomic E-state index is 0.0874. The Morgan fingerprint density at radius 3 is 2.40 bits per heavy atom. The summed E-state index contributed by atoms with van der Waals surface area (Å²) in [5.41, 5.74) is 0.373. The molecule has 5 rings (SSSR count). The number of amides is 4. The van der Waals surface area contributed by atoms with Crippen molar-refractivity contribution in [3.63, 3.8) is 0 Å². The second kappa shape index (κ2) is 11.9. The van der Waals surface area contributed by atoms with Crippen molar-refractivity contribution >= 4 is 23.5 Å². The fourth-order valence-electron chi connectivity index (χ4n) is 5.81. The van der Waals surface area contributed by atoms with E-state index in [1.54, 1.807) is 6.07 Å². The van der Waals surface area contributed by atoms with Gasteiger partial charge in [-0.15, -0.1) is 0 Å². The lowest BCUT2D eigenvalue weighted by Crippen LogP contribution is -2.50. The fraction of sp³-hybridized carbons (Fsp3) is 0.571. The Bertz CT molecular complexity index is 1310. The first-order valence-electron chi connectivity index (χ1n) is 14.1. The molecule has 3 N–H and O–H groups in total. The zero-order valence-corrected chi connectivity index (χ0v) is 23.3. The van der Waals surface area contributed by atoms with Gasteiger partial charge in [-0.25, -0.2) is 9.18 Å². The Hall–Kier alpha value is -3.68. The summed E-state index contributed by atoms with van der Waals surface area (Å²) < 4.78 is 61.7. The number of benzene rings is 1. The van der Waals surface area contributed by atoms with Crippen LogP contribution in [-0.4, -0.2) is 71.0 Å². The van der Waals surface area contributed by atoms with Gasteiger partial charge in [0.15, 0.2) is 0 Å². The summed E-state index contributed by atoms with van der Waals surface area (Å²) >= 11 is 0. The standard InChI is InChI=1S/C28H34F4N6O4/c1-3-38-20(10-11-33-38)25(39)36-24(23(15-4-5-15)16-6-7-16)26(40)34-19-9-8-17(12-18(19)29)21(14-42-2)37-13-22(28(30,31)32)35-27(37)41/h8-12,15-16,21-24H,3-7,13-14H2,1-2H3,(H,34,40)(H,35,41)(H,36,39)/t21-,22+,24-/m1/s1. The van der Waals surface area contributed by atoms with Gasteiger partial charge in [-0.05, 0) is 74.1 Å². The van der Waals surface area contributed by atoms with E-state index in [4.69, 9.17) is 4.74 Å². The Balaban J connectivity index is 1.35. The van der Waals surface area contributed by atoms with E-state index in [1.807, 2.05) is 12.2 Å². The number of hydrogen-bond acceptors (Lipinski definition) is 5. The number of hydrogen-bond donors (Lipinski definition) is 3. The molecule has 10 nitrogen and oxygen atoms in total. The van der Waals surface area contributed by atoms with Gasteiger partial charge in [0.2, 0.25) is 5.91 Å². The first-order chi connectivity index (χ1) is 20.0. The predicted octanol–water partition coefficient (Wildman–Crippen LogP) is 3.86. The fourth-order valence-corrected chi connectivity index (χ4v) is 5.81. The first kappa shape index (κ1) is 29.8. The maximum absolute atomic E-state index is 15.4. The Labute approximate surface area is 240 Å². The molecule has 1 aromatic carbocycles. The summed E-state index contributed by atoms with van der Waals surface area (Å²) in [7, 11) is 1.32. The van der Waals surface area contributed by atoms with E-state index in [1.165, 1.54) is 30.1 Å². The van der Waals surface area contributed by atoms with Crippen molar-refractivity contribution in [2.24, 2.45) is 17.8 Å². The van der Waals surface area contributed by atoms with Crippen LogP contribution in [0.5, 0.6) is 0 Å². The lowest BCUT2D eigenvalue weighted by Gasteiger charge is -2.28. The smallest absolute Gasteiger partial charge is 0.382 e. The Morgan fingerprint density at radius 1 is 1.17 bits per heavy atom. The molecule has 1 aromatic heterocycles. The number of rotatable bonds is 12. The van der Waals surface area contributed by atoms with Crippen LogP contribution in [0.25, 0.3) is 0 Å². The molecular formula is C28H34F4N6O4. The summed E-state index contributed by atoms with van der Waals surface area (Å²) in [6.45, 7) is 1.49. The zero-order chi connectivity index (χ0) is 30.2. The van der Waals surface area contributed by atoms with E-state index in [9.17, 15) is 27.6 Å². The van der Waals surface area contributed by atoms with Crippen molar-refractivity contribution in [2.45, 2.75) is 63.5 Å². The van der Waals surface area contributed by atoms with E-state index in [0.717, 1.165) is 36.6 Å². The maximum atomic E-state index is 15.4. The van der Waals surface area contributed by atoms with Crippen molar-refractivity contribution in [3.05, 3.63) is 47.5 Å². The average molecular weight is 595 g/mol. The predicted molar refractivity (Wildman–Crippen MR) is 143 cm³/mol. The highest BCUT2D eigenvalue weighted by Gasteiger charge is 2.50. The Morgan fingerprint density at radius 2 is 1.86 bits per heavy atom. The van der Waals surface area contributed by atoms with Gasteiger partial charge >= 0.3 is 12.2 Å². The molecule has 0 unspecified atom stereocenters. The largest absolute Gasteiger partial charge is 0.410 e. The van der Waals surface area contributed by atoms with Crippen LogP contribution in [0.3, 0.4) is 0 Å². The topological polar surface area (TPSA) is 118 Å². The average Bonchev–Trinajstić information content (AvgIpc) is 3.87. The van der Waals surface area contributed by atoms with E-state index in [0.29, 0.717) is 24.1 Å². The number of alkyl halides is 3. The quantitative estimate of drug-likeness (QED) is 0.323. The highest BCUT2D eigenvalue weighted by atomic mass is 19.4. The molecule has 3 aliphatic rings. The van der Waals surface area contributed by atoms with Crippen molar-refractivity contribution < 1.29 is 36.7 Å². The van der Waals surface area contributed by atoms with Gasteiger partial charge in [-0.1, -0.05) is 6.07 Å². The SMILES string of the molecule is CCn1nccc1C(=O)N[C@@H](C(=O)Nc1ccc([C@@H](COC)N2C[C@@H](C(F)(F)F)NC2=O)cc1F)C(C1CC1)C1CC1. The number of carbonyl (C=O) groups is 3. The number of nitrogens with zero attached hydrogens (tertiary/aromatic N) is 3. The molecule has 2 saturated carbocycles. The van der Waals surface area contributed by atoms with Gasteiger partial charge in [0.1, 0.15) is 23.6 Å². The highest BCUT2D eigenvalue weighted by molar-refractivity contribution is 6.00. The van der Waals surface area contributed by atoms with Crippen molar-refractivity contribution in [1.82, 2.24) is 25.3 Å². The number of methoxy groups -OCH3 is 1. The molecule has 2 aromatic rings. The van der Waals surface area contributed by atoms with Gasteiger partial charge in [-0.2, -0.15) is 18.3 Å². The van der Waals surface area contributed by atoms with Gasteiger partial charge in [-0.3, -0.25) is 14.3 Å². The number of aromatic nitrogens is 2. The van der Waals surface area contributed by atoms with Gasteiger partial charge in [0.05, 0.1) is 24.9 Å². The van der Waals surface area contributed by atoms with Crippen LogP contribution in [0.1, 0.15) is 54.7 Å². The van der Waals surface area contributed by atoms with Crippen LogP contribution >= 0.6 is 0 Å². The molecule has 14 heteroatoms. The summed E-state index contributed by atoms with van der Waals surface area (Å²) in [6, 6.07) is 0.492. The second-order valence-electron chi connectivity index (χ2n) is 11.1. The lowest BCUT2D eigenvalue weighted by molar-refractivity contribution is -0.150. The molecule has 3 atom stereocenters. The maximum Gasteiger partial charge on any atom is 0.410 e. The van der Waals surface area contributed by atoms with Gasteiger partial charge in [0, 0.05) is 19.9 Å². The van der Waals surface area contributed by atoms with E-state index in [-0.39, 0.29) is 23.8 Å². The molecule has 2 aliphatic carbocycles. The molecule has 3 fully saturated rings. The molecule has 42 heavy (non-hydrogen) atoms. The minimum atomic E-state index is -4.64. The van der Waals surface area contributed by atoms with Crippen molar-refractivity contribution in [3.8, 4) is 0 Å². The van der Waals surface area contributed by atoms with Crippen molar-refractivity contribution in [2.75, 3.05) is 25.6 Å². The number of ether oxygens (including phenoxy) is 1. The van der Waals surface area contributed by atoms with Crippen molar-refractivity contribution in [1.29, 1.82) is 0 Å². The number of halogens is 4. The molecule has 228 valence electrons. The number of carbonyl (C=O) groups excluding carboxylic acids is 3. The number of urea groups is 1. The van der Waals surface area contributed by atoms with E-state index in [2.05, 4.69) is 15.7 Å². The summed E-state index contributed by atoms with van der Waals surface area (Å²) in [6.07, 6.45) is 0.694.